The van der Waals surface area contributed by atoms with Gasteiger partial charge in [0.15, 0.2) is 0 Å². The van der Waals surface area contributed by atoms with Crippen LogP contribution in [0.4, 0.5) is 0 Å². The van der Waals surface area contributed by atoms with Gasteiger partial charge in [-0.2, -0.15) is 0 Å². The highest BCUT2D eigenvalue weighted by atomic mass is 79.9. The van der Waals surface area contributed by atoms with Gasteiger partial charge >= 0.3 is 0 Å². The Morgan fingerprint density at radius 1 is 1.42 bits per heavy atom. The maximum Gasteiger partial charge on any atom is 0.253 e. The number of likely N-dealkylation sites (tertiary alicyclic amines) is 1. The number of amides is 1. The van der Waals surface area contributed by atoms with E-state index < -0.39 is 5.60 Å². The topological polar surface area (TPSA) is 40.5 Å². The Balaban J connectivity index is 2.13. The first-order chi connectivity index (χ1) is 8.89. The molecule has 1 N–H and O–H groups in total. The number of halogens is 2. The van der Waals surface area contributed by atoms with Gasteiger partial charge in [0, 0.05) is 23.1 Å². The number of aliphatic hydroxyl groups is 1. The van der Waals surface area contributed by atoms with Gasteiger partial charge in [0.2, 0.25) is 0 Å². The number of benzene rings is 1. The Hall–Kier alpha value is -0.580. The van der Waals surface area contributed by atoms with Crippen molar-refractivity contribution in [2.24, 2.45) is 0 Å². The van der Waals surface area contributed by atoms with E-state index in [0.717, 1.165) is 17.3 Å². The minimum absolute atomic E-state index is 0.00457. The van der Waals surface area contributed by atoms with Crippen LogP contribution in [-0.2, 0) is 0 Å². The Bertz CT molecular complexity index is 490. The van der Waals surface area contributed by atoms with Gasteiger partial charge in [-0.1, -0.05) is 11.6 Å². The van der Waals surface area contributed by atoms with Gasteiger partial charge in [0.1, 0.15) is 0 Å². The van der Waals surface area contributed by atoms with Gasteiger partial charge in [0.05, 0.1) is 10.6 Å². The molecule has 0 spiro atoms. The zero-order valence-electron chi connectivity index (χ0n) is 10.8. The van der Waals surface area contributed by atoms with Gasteiger partial charge < -0.3 is 10.0 Å². The summed E-state index contributed by atoms with van der Waals surface area (Å²) in [6.07, 6.45) is 2.18. The van der Waals surface area contributed by atoms with Gasteiger partial charge in [-0.15, -0.1) is 0 Å². The second-order valence-corrected chi connectivity index (χ2v) is 6.53. The number of hydrogen-bond acceptors (Lipinski definition) is 2. The summed E-state index contributed by atoms with van der Waals surface area (Å²) < 4.78 is 0.724. The van der Waals surface area contributed by atoms with Crippen LogP contribution in [-0.4, -0.2) is 34.6 Å². The molecule has 1 aromatic carbocycles. The molecule has 1 fully saturated rings. The average molecular weight is 347 g/mol. The van der Waals surface area contributed by atoms with Crippen molar-refractivity contribution in [1.82, 2.24) is 4.90 Å². The molecule has 0 aromatic heterocycles. The minimum Gasteiger partial charge on any atom is -0.390 e. The number of nitrogens with zero attached hydrogens (tertiary/aromatic N) is 1. The standard InChI is InChI=1S/C14H17BrClNO2/c1-14(19)5-2-7-17(8-6-14)13(18)10-3-4-12(16)11(15)9-10/h3-4,9,19H,2,5-8H2,1H3. The van der Waals surface area contributed by atoms with E-state index in [2.05, 4.69) is 15.9 Å². The summed E-state index contributed by atoms with van der Waals surface area (Å²) in [7, 11) is 0. The molecule has 1 aliphatic heterocycles. The second kappa shape index (κ2) is 5.81. The molecule has 5 heteroatoms. The van der Waals surface area contributed by atoms with E-state index in [1.807, 2.05) is 6.92 Å². The first kappa shape index (κ1) is 14.8. The quantitative estimate of drug-likeness (QED) is 0.846. The third kappa shape index (κ3) is 3.71. The van der Waals surface area contributed by atoms with Gasteiger partial charge in [-0.05, 0) is 60.3 Å². The first-order valence-electron chi connectivity index (χ1n) is 6.36. The van der Waals surface area contributed by atoms with Crippen LogP contribution in [0.15, 0.2) is 22.7 Å². The number of rotatable bonds is 1. The van der Waals surface area contributed by atoms with E-state index in [0.29, 0.717) is 30.1 Å². The average Bonchev–Trinajstić information content (AvgIpc) is 2.53. The van der Waals surface area contributed by atoms with Crippen molar-refractivity contribution >= 4 is 33.4 Å². The molecule has 19 heavy (non-hydrogen) atoms. The summed E-state index contributed by atoms with van der Waals surface area (Å²) in [6, 6.07) is 5.19. The highest BCUT2D eigenvalue weighted by Crippen LogP contribution is 2.26. The number of carbonyl (C=O) groups is 1. The largest absolute Gasteiger partial charge is 0.390 e. The van der Waals surface area contributed by atoms with Gasteiger partial charge in [0.25, 0.3) is 5.91 Å². The number of hydrogen-bond donors (Lipinski definition) is 1. The third-order valence-electron chi connectivity index (χ3n) is 3.52. The van der Waals surface area contributed by atoms with Crippen molar-refractivity contribution in [3.63, 3.8) is 0 Å². The summed E-state index contributed by atoms with van der Waals surface area (Å²) in [6.45, 7) is 3.11. The van der Waals surface area contributed by atoms with Crippen molar-refractivity contribution in [1.29, 1.82) is 0 Å². The molecular formula is C14H17BrClNO2. The molecule has 3 nitrogen and oxygen atoms in total. The van der Waals surface area contributed by atoms with E-state index in [9.17, 15) is 9.90 Å². The van der Waals surface area contributed by atoms with E-state index in [-0.39, 0.29) is 5.91 Å². The highest BCUT2D eigenvalue weighted by molar-refractivity contribution is 9.10. The van der Waals surface area contributed by atoms with Gasteiger partial charge in [-0.3, -0.25) is 4.79 Å². The molecule has 1 amide bonds. The van der Waals surface area contributed by atoms with Crippen molar-refractivity contribution in [2.45, 2.75) is 31.8 Å². The predicted octanol–water partition coefficient (Wildman–Crippen LogP) is 3.48. The van der Waals surface area contributed by atoms with Crippen LogP contribution in [0, 0.1) is 0 Å². The summed E-state index contributed by atoms with van der Waals surface area (Å²) in [4.78, 5) is 14.2. The lowest BCUT2D eigenvalue weighted by Crippen LogP contribution is -2.33. The zero-order chi connectivity index (χ0) is 14.0. The molecule has 0 radical (unpaired) electrons. The highest BCUT2D eigenvalue weighted by Gasteiger charge is 2.27. The maximum atomic E-state index is 12.4. The molecule has 1 atom stereocenters. The molecule has 1 aromatic rings. The molecule has 1 aliphatic rings. The third-order valence-corrected chi connectivity index (χ3v) is 4.73. The van der Waals surface area contributed by atoms with E-state index in [4.69, 9.17) is 11.6 Å². The fourth-order valence-corrected chi connectivity index (χ4v) is 2.77. The Labute approximate surface area is 126 Å². The van der Waals surface area contributed by atoms with Crippen LogP contribution >= 0.6 is 27.5 Å². The second-order valence-electron chi connectivity index (χ2n) is 5.27. The summed E-state index contributed by atoms with van der Waals surface area (Å²) >= 11 is 9.26. The molecule has 1 heterocycles. The molecule has 0 aliphatic carbocycles. The lowest BCUT2D eigenvalue weighted by atomic mass is 9.98. The van der Waals surface area contributed by atoms with Crippen LogP contribution in [0.2, 0.25) is 5.02 Å². The lowest BCUT2D eigenvalue weighted by molar-refractivity contribution is 0.0438. The Morgan fingerprint density at radius 2 is 2.16 bits per heavy atom. The predicted molar refractivity (Wildman–Crippen MR) is 79.5 cm³/mol. The summed E-state index contributed by atoms with van der Waals surface area (Å²) in [5, 5.41) is 10.6. The van der Waals surface area contributed by atoms with Crippen molar-refractivity contribution < 1.29 is 9.90 Å². The van der Waals surface area contributed by atoms with Crippen LogP contribution in [0.25, 0.3) is 0 Å². The molecule has 104 valence electrons. The zero-order valence-corrected chi connectivity index (χ0v) is 13.2. The molecule has 1 unspecified atom stereocenters. The summed E-state index contributed by atoms with van der Waals surface area (Å²) in [5.41, 5.74) is -0.0342. The minimum atomic E-state index is -0.657. The maximum absolute atomic E-state index is 12.4. The van der Waals surface area contributed by atoms with Gasteiger partial charge in [-0.25, -0.2) is 0 Å². The molecular weight excluding hydrogens is 330 g/mol. The SMILES string of the molecule is CC1(O)CCCN(C(=O)c2ccc(Cl)c(Br)c2)CC1. The van der Waals surface area contributed by atoms with Crippen molar-refractivity contribution in [2.75, 3.05) is 13.1 Å². The smallest absolute Gasteiger partial charge is 0.253 e. The van der Waals surface area contributed by atoms with Crippen LogP contribution in [0.5, 0.6) is 0 Å². The van der Waals surface area contributed by atoms with E-state index in [1.165, 1.54) is 0 Å². The van der Waals surface area contributed by atoms with E-state index in [1.54, 1.807) is 23.1 Å². The fourth-order valence-electron chi connectivity index (χ4n) is 2.28. The van der Waals surface area contributed by atoms with Crippen LogP contribution in [0.3, 0.4) is 0 Å². The van der Waals surface area contributed by atoms with Crippen LogP contribution < -0.4 is 0 Å². The Morgan fingerprint density at radius 3 is 2.84 bits per heavy atom. The lowest BCUT2D eigenvalue weighted by Gasteiger charge is -2.22. The van der Waals surface area contributed by atoms with Crippen molar-refractivity contribution in [3.8, 4) is 0 Å². The summed E-state index contributed by atoms with van der Waals surface area (Å²) in [5.74, 6) is -0.00457. The molecule has 2 rings (SSSR count). The number of carbonyl (C=O) groups excluding carboxylic acids is 1. The molecule has 0 bridgehead atoms. The normalized spacial score (nSPS) is 24.1. The molecule has 0 saturated carbocycles. The van der Waals surface area contributed by atoms with Crippen LogP contribution in [0.1, 0.15) is 36.5 Å². The van der Waals surface area contributed by atoms with E-state index >= 15 is 0 Å². The molecule has 1 saturated heterocycles. The monoisotopic (exact) mass is 345 g/mol. The fraction of sp³-hybridized carbons (Fsp3) is 0.500. The van der Waals surface area contributed by atoms with Crippen molar-refractivity contribution in [3.05, 3.63) is 33.3 Å². The Kier molecular flexibility index (Phi) is 4.54. The first-order valence-corrected chi connectivity index (χ1v) is 7.53.